The van der Waals surface area contributed by atoms with Crippen molar-refractivity contribution in [3.63, 3.8) is 0 Å². The summed E-state index contributed by atoms with van der Waals surface area (Å²) in [6.45, 7) is 4.04. The molecule has 0 fully saturated rings. The zero-order valence-corrected chi connectivity index (χ0v) is 10.7. The number of carbonyl (C=O) groups is 2. The van der Waals surface area contributed by atoms with Crippen molar-refractivity contribution in [2.24, 2.45) is 0 Å². The molecular formula is C12H14O4S. The number of rotatable bonds is 4. The van der Waals surface area contributed by atoms with Gasteiger partial charge in [-0.05, 0) is 32.9 Å². The predicted octanol–water partition coefficient (Wildman–Crippen LogP) is 1.32. The third-order valence-corrected chi connectivity index (χ3v) is 4.61. The van der Waals surface area contributed by atoms with Gasteiger partial charge in [-0.15, -0.1) is 0 Å². The summed E-state index contributed by atoms with van der Waals surface area (Å²) in [7, 11) is -3.92. The second-order valence-corrected chi connectivity index (χ2v) is 5.99. The molecule has 0 aliphatic carbocycles. The monoisotopic (exact) mass is 254 g/mol. The number of sulfone groups is 1. The van der Waals surface area contributed by atoms with Gasteiger partial charge in [-0.1, -0.05) is 17.7 Å². The number of carbonyl (C=O) groups excluding carboxylic acids is 2. The first kappa shape index (κ1) is 13.6. The summed E-state index contributed by atoms with van der Waals surface area (Å²) in [4.78, 5) is 22.5. The molecule has 1 aromatic carbocycles. The van der Waals surface area contributed by atoms with Gasteiger partial charge in [0.1, 0.15) is 0 Å². The van der Waals surface area contributed by atoms with E-state index in [1.54, 1.807) is 12.1 Å². The average molecular weight is 254 g/mol. The lowest BCUT2D eigenvalue weighted by Crippen LogP contribution is -2.35. The van der Waals surface area contributed by atoms with Crippen LogP contribution >= 0.6 is 0 Å². The second-order valence-electron chi connectivity index (χ2n) is 3.96. The summed E-state index contributed by atoms with van der Waals surface area (Å²) < 4.78 is 24.2. The molecule has 0 saturated carbocycles. The SMILES string of the molecule is CC(=O)C(C(C)=O)S(=O)(=O)c1ccc(C)cc1. The Bertz CT molecular complexity index is 526. The van der Waals surface area contributed by atoms with Gasteiger partial charge in [0.2, 0.25) is 0 Å². The molecule has 0 saturated heterocycles. The second kappa shape index (κ2) is 4.79. The summed E-state index contributed by atoms with van der Waals surface area (Å²) in [6.07, 6.45) is 0. The molecule has 4 nitrogen and oxygen atoms in total. The maximum atomic E-state index is 12.1. The Morgan fingerprint density at radius 3 is 1.76 bits per heavy atom. The third kappa shape index (κ3) is 2.79. The molecule has 0 radical (unpaired) electrons. The van der Waals surface area contributed by atoms with Crippen LogP contribution in [0.15, 0.2) is 29.2 Å². The molecule has 0 amide bonds. The molecule has 17 heavy (non-hydrogen) atoms. The van der Waals surface area contributed by atoms with Crippen molar-refractivity contribution in [1.29, 1.82) is 0 Å². The highest BCUT2D eigenvalue weighted by atomic mass is 32.2. The molecular weight excluding hydrogens is 240 g/mol. The van der Waals surface area contributed by atoms with E-state index in [0.29, 0.717) is 0 Å². The first-order chi connectivity index (χ1) is 7.76. The first-order valence-electron chi connectivity index (χ1n) is 5.08. The molecule has 5 heteroatoms. The van der Waals surface area contributed by atoms with E-state index in [9.17, 15) is 18.0 Å². The highest BCUT2D eigenvalue weighted by Gasteiger charge is 2.35. The van der Waals surface area contributed by atoms with Crippen molar-refractivity contribution in [3.05, 3.63) is 29.8 Å². The van der Waals surface area contributed by atoms with Gasteiger partial charge in [-0.2, -0.15) is 0 Å². The van der Waals surface area contributed by atoms with Gasteiger partial charge < -0.3 is 0 Å². The van der Waals surface area contributed by atoms with Crippen LogP contribution in [0.25, 0.3) is 0 Å². The predicted molar refractivity (Wildman–Crippen MR) is 63.5 cm³/mol. The lowest BCUT2D eigenvalue weighted by Gasteiger charge is -2.11. The van der Waals surface area contributed by atoms with Crippen LogP contribution in [0, 0.1) is 6.92 Å². The van der Waals surface area contributed by atoms with Gasteiger partial charge in [0.15, 0.2) is 26.7 Å². The van der Waals surface area contributed by atoms with Crippen LogP contribution < -0.4 is 0 Å². The van der Waals surface area contributed by atoms with E-state index in [-0.39, 0.29) is 4.90 Å². The Morgan fingerprint density at radius 2 is 1.41 bits per heavy atom. The maximum absolute atomic E-state index is 12.1. The van der Waals surface area contributed by atoms with E-state index in [0.717, 1.165) is 19.4 Å². The van der Waals surface area contributed by atoms with E-state index in [4.69, 9.17) is 0 Å². The number of hydrogen-bond donors (Lipinski definition) is 0. The molecule has 1 aromatic rings. The number of Topliss-reactive ketones (excluding diaryl/α,β-unsaturated/α-hetero) is 2. The largest absolute Gasteiger partial charge is 0.298 e. The first-order valence-corrected chi connectivity index (χ1v) is 6.63. The standard InChI is InChI=1S/C12H14O4S/c1-8-4-6-11(7-5-8)17(15,16)12(9(2)13)10(3)14/h4-7,12H,1-3H3. The lowest BCUT2D eigenvalue weighted by atomic mass is 10.2. The van der Waals surface area contributed by atoms with Gasteiger partial charge in [-0.25, -0.2) is 8.42 Å². The van der Waals surface area contributed by atoms with Crippen LogP contribution in [-0.4, -0.2) is 25.2 Å². The van der Waals surface area contributed by atoms with E-state index in [2.05, 4.69) is 0 Å². The molecule has 0 bridgehead atoms. The van der Waals surface area contributed by atoms with E-state index in [1.165, 1.54) is 12.1 Å². The molecule has 1 rings (SSSR count). The van der Waals surface area contributed by atoms with Crippen molar-refractivity contribution in [2.45, 2.75) is 30.9 Å². The highest BCUT2D eigenvalue weighted by Crippen LogP contribution is 2.18. The van der Waals surface area contributed by atoms with Crippen LogP contribution in [-0.2, 0) is 19.4 Å². The summed E-state index contributed by atoms with van der Waals surface area (Å²) in [5, 5.41) is -1.59. The van der Waals surface area contributed by atoms with Crippen LogP contribution in [0.4, 0.5) is 0 Å². The molecule has 0 spiro atoms. The Labute approximate surface area is 101 Å². The zero-order valence-electron chi connectivity index (χ0n) is 9.93. The Hall–Kier alpha value is -1.49. The minimum atomic E-state index is -3.92. The molecule has 0 N–H and O–H groups in total. The number of benzene rings is 1. The fraction of sp³-hybridized carbons (Fsp3) is 0.333. The van der Waals surface area contributed by atoms with Crippen molar-refractivity contribution in [2.75, 3.05) is 0 Å². The summed E-state index contributed by atoms with van der Waals surface area (Å²) in [6, 6.07) is 6.07. The van der Waals surface area contributed by atoms with Gasteiger partial charge >= 0.3 is 0 Å². The summed E-state index contributed by atoms with van der Waals surface area (Å²) in [5.41, 5.74) is 0.908. The van der Waals surface area contributed by atoms with Gasteiger partial charge in [0.25, 0.3) is 0 Å². The molecule has 92 valence electrons. The topological polar surface area (TPSA) is 68.3 Å². The Kier molecular flexibility index (Phi) is 3.83. The van der Waals surface area contributed by atoms with Gasteiger partial charge in [0, 0.05) is 0 Å². The van der Waals surface area contributed by atoms with E-state index in [1.807, 2.05) is 6.92 Å². The molecule has 0 heterocycles. The Balaban J connectivity index is 3.31. The number of ketones is 2. The van der Waals surface area contributed by atoms with Crippen LogP contribution in [0.3, 0.4) is 0 Å². The molecule has 0 aromatic heterocycles. The van der Waals surface area contributed by atoms with E-state index < -0.39 is 26.7 Å². The molecule has 0 unspecified atom stereocenters. The average Bonchev–Trinajstić information content (AvgIpc) is 2.16. The molecule has 0 atom stereocenters. The lowest BCUT2D eigenvalue weighted by molar-refractivity contribution is -0.124. The quantitative estimate of drug-likeness (QED) is 0.760. The Morgan fingerprint density at radius 1 is 1.00 bits per heavy atom. The van der Waals surface area contributed by atoms with Crippen LogP contribution in [0.2, 0.25) is 0 Å². The minimum Gasteiger partial charge on any atom is -0.298 e. The fourth-order valence-electron chi connectivity index (χ4n) is 1.59. The summed E-state index contributed by atoms with van der Waals surface area (Å²) in [5.74, 6) is -1.31. The van der Waals surface area contributed by atoms with Crippen molar-refractivity contribution in [3.8, 4) is 0 Å². The van der Waals surface area contributed by atoms with Crippen LogP contribution in [0.5, 0.6) is 0 Å². The third-order valence-electron chi connectivity index (χ3n) is 2.40. The molecule has 0 aliphatic heterocycles. The molecule has 0 aliphatic rings. The maximum Gasteiger partial charge on any atom is 0.195 e. The highest BCUT2D eigenvalue weighted by molar-refractivity contribution is 7.93. The normalized spacial score (nSPS) is 11.5. The zero-order chi connectivity index (χ0) is 13.2. The van der Waals surface area contributed by atoms with Crippen molar-refractivity contribution < 1.29 is 18.0 Å². The minimum absolute atomic E-state index is 0.00139. The summed E-state index contributed by atoms with van der Waals surface area (Å²) >= 11 is 0. The number of hydrogen-bond acceptors (Lipinski definition) is 4. The van der Waals surface area contributed by atoms with Crippen molar-refractivity contribution >= 4 is 21.4 Å². The number of aryl methyl sites for hydroxylation is 1. The van der Waals surface area contributed by atoms with Gasteiger partial charge in [0.05, 0.1) is 4.90 Å². The van der Waals surface area contributed by atoms with Gasteiger partial charge in [-0.3, -0.25) is 9.59 Å². The van der Waals surface area contributed by atoms with Crippen LogP contribution in [0.1, 0.15) is 19.4 Å². The van der Waals surface area contributed by atoms with Crippen molar-refractivity contribution in [1.82, 2.24) is 0 Å². The van der Waals surface area contributed by atoms with E-state index >= 15 is 0 Å². The smallest absolute Gasteiger partial charge is 0.195 e. The fourth-order valence-corrected chi connectivity index (χ4v) is 3.25.